The minimum absolute atomic E-state index is 0.0538. The molecule has 144 valence electrons. The van der Waals surface area contributed by atoms with Gasteiger partial charge in [0, 0.05) is 36.9 Å². The molecular formula is C22H27ClN2O2. The lowest BCUT2D eigenvalue weighted by Gasteiger charge is -2.38. The van der Waals surface area contributed by atoms with Crippen LogP contribution in [0.3, 0.4) is 0 Å². The molecular weight excluding hydrogens is 360 g/mol. The lowest BCUT2D eigenvalue weighted by Crippen LogP contribution is -2.52. The zero-order chi connectivity index (χ0) is 19.4. The fraction of sp³-hybridized carbons (Fsp3) is 0.409. The number of halogens is 1. The molecule has 1 saturated heterocycles. The predicted molar refractivity (Wildman–Crippen MR) is 111 cm³/mol. The molecule has 3 rings (SSSR count). The minimum Gasteiger partial charge on any atom is -0.481 e. The Hall–Kier alpha value is -2.20. The minimum atomic E-state index is -0.476. The summed E-state index contributed by atoms with van der Waals surface area (Å²) in [5.41, 5.74) is 3.88. The van der Waals surface area contributed by atoms with Crippen molar-refractivity contribution < 1.29 is 9.53 Å². The number of piperazine rings is 1. The van der Waals surface area contributed by atoms with Crippen LogP contribution in [-0.2, 0) is 4.79 Å². The average Bonchev–Trinajstić information content (AvgIpc) is 2.68. The number of anilines is 1. The van der Waals surface area contributed by atoms with Crippen LogP contribution in [0.2, 0.25) is 5.02 Å². The normalized spacial score (nSPS) is 15.6. The molecule has 1 heterocycles. The van der Waals surface area contributed by atoms with Crippen molar-refractivity contribution in [2.45, 2.75) is 33.3 Å². The lowest BCUT2D eigenvalue weighted by atomic mass is 10.1. The Kier molecular flexibility index (Phi) is 6.27. The van der Waals surface area contributed by atoms with E-state index in [-0.39, 0.29) is 5.91 Å². The zero-order valence-corrected chi connectivity index (χ0v) is 17.0. The van der Waals surface area contributed by atoms with Crippen LogP contribution in [0.5, 0.6) is 5.75 Å². The molecule has 2 aromatic carbocycles. The first-order chi connectivity index (χ1) is 13.0. The van der Waals surface area contributed by atoms with Crippen LogP contribution in [0.4, 0.5) is 5.69 Å². The molecule has 0 aromatic heterocycles. The number of hydrogen-bond acceptors (Lipinski definition) is 3. The summed E-state index contributed by atoms with van der Waals surface area (Å²) in [6.45, 7) is 9.36. The van der Waals surface area contributed by atoms with Gasteiger partial charge in [-0.3, -0.25) is 4.79 Å². The summed E-state index contributed by atoms with van der Waals surface area (Å²) in [5.74, 6) is 0.690. The summed E-state index contributed by atoms with van der Waals surface area (Å²) in [7, 11) is 0. The van der Waals surface area contributed by atoms with Crippen molar-refractivity contribution in [1.29, 1.82) is 0 Å². The average molecular weight is 387 g/mol. The fourth-order valence-corrected chi connectivity index (χ4v) is 3.64. The molecule has 1 aliphatic heterocycles. The quantitative estimate of drug-likeness (QED) is 0.760. The number of amides is 1. The van der Waals surface area contributed by atoms with E-state index in [4.69, 9.17) is 16.3 Å². The van der Waals surface area contributed by atoms with Gasteiger partial charge >= 0.3 is 0 Å². The van der Waals surface area contributed by atoms with Crippen LogP contribution < -0.4 is 9.64 Å². The van der Waals surface area contributed by atoms with Gasteiger partial charge in [0.1, 0.15) is 5.75 Å². The van der Waals surface area contributed by atoms with E-state index in [1.54, 1.807) is 12.1 Å². The molecule has 1 unspecified atom stereocenters. The Morgan fingerprint density at radius 1 is 1.11 bits per heavy atom. The first-order valence-electron chi connectivity index (χ1n) is 9.51. The van der Waals surface area contributed by atoms with Gasteiger partial charge in [-0.15, -0.1) is 0 Å². The van der Waals surface area contributed by atoms with Gasteiger partial charge in [-0.25, -0.2) is 0 Å². The topological polar surface area (TPSA) is 32.8 Å². The largest absolute Gasteiger partial charge is 0.481 e. The Morgan fingerprint density at radius 2 is 1.81 bits per heavy atom. The number of aryl methyl sites for hydroxylation is 1. The fourth-order valence-electron chi connectivity index (χ4n) is 3.46. The Bertz CT molecular complexity index is 801. The molecule has 1 amide bonds. The summed E-state index contributed by atoms with van der Waals surface area (Å²) in [6, 6.07) is 13.6. The second-order valence-electron chi connectivity index (χ2n) is 7.00. The molecule has 5 heteroatoms. The second kappa shape index (κ2) is 8.66. The molecule has 27 heavy (non-hydrogen) atoms. The summed E-state index contributed by atoms with van der Waals surface area (Å²) in [4.78, 5) is 17.2. The Morgan fingerprint density at radius 3 is 2.48 bits per heavy atom. The molecule has 4 nitrogen and oxygen atoms in total. The van der Waals surface area contributed by atoms with Gasteiger partial charge < -0.3 is 14.5 Å². The first kappa shape index (κ1) is 19.6. The van der Waals surface area contributed by atoms with Gasteiger partial charge in [-0.2, -0.15) is 0 Å². The van der Waals surface area contributed by atoms with E-state index in [2.05, 4.69) is 36.9 Å². The smallest absolute Gasteiger partial charge is 0.263 e. The monoisotopic (exact) mass is 386 g/mol. The highest BCUT2D eigenvalue weighted by Crippen LogP contribution is 2.25. The van der Waals surface area contributed by atoms with Gasteiger partial charge in [0.15, 0.2) is 6.10 Å². The third-order valence-electron chi connectivity index (χ3n) is 5.23. The van der Waals surface area contributed by atoms with Gasteiger partial charge in [0.25, 0.3) is 5.91 Å². The van der Waals surface area contributed by atoms with Crippen molar-refractivity contribution in [2.24, 2.45) is 0 Å². The molecule has 1 atom stereocenters. The van der Waals surface area contributed by atoms with Gasteiger partial charge in [-0.05, 0) is 55.7 Å². The maximum Gasteiger partial charge on any atom is 0.263 e. The summed E-state index contributed by atoms with van der Waals surface area (Å²) in [5, 5.41) is 0.608. The SMILES string of the molecule is CCC(Oc1cccc(Cl)c1)C(=O)N1CCN(c2cccc(C)c2C)CC1. The highest BCUT2D eigenvalue weighted by molar-refractivity contribution is 6.30. The third kappa shape index (κ3) is 4.56. The molecule has 0 N–H and O–H groups in total. The Labute approximate surface area is 166 Å². The highest BCUT2D eigenvalue weighted by Gasteiger charge is 2.28. The number of carbonyl (C=O) groups excluding carboxylic acids is 1. The van der Waals surface area contributed by atoms with Gasteiger partial charge in [-0.1, -0.05) is 36.7 Å². The van der Waals surface area contributed by atoms with E-state index in [9.17, 15) is 4.79 Å². The maximum atomic E-state index is 12.9. The van der Waals surface area contributed by atoms with Crippen molar-refractivity contribution >= 4 is 23.2 Å². The van der Waals surface area contributed by atoms with Crippen LogP contribution in [0.25, 0.3) is 0 Å². The molecule has 1 fully saturated rings. The standard InChI is InChI=1S/C22H27ClN2O2/c1-4-21(27-19-9-6-8-18(23)15-19)22(26)25-13-11-24(12-14-25)20-10-5-7-16(2)17(20)3/h5-10,15,21H,4,11-14H2,1-3H3. The van der Waals surface area contributed by atoms with Gasteiger partial charge in [0.05, 0.1) is 0 Å². The second-order valence-corrected chi connectivity index (χ2v) is 7.44. The molecule has 1 aliphatic rings. The van der Waals surface area contributed by atoms with Crippen molar-refractivity contribution in [3.8, 4) is 5.75 Å². The van der Waals surface area contributed by atoms with E-state index < -0.39 is 6.10 Å². The number of ether oxygens (including phenoxy) is 1. The lowest BCUT2D eigenvalue weighted by molar-refractivity contribution is -0.139. The third-order valence-corrected chi connectivity index (χ3v) is 5.46. The van der Waals surface area contributed by atoms with Crippen molar-refractivity contribution in [1.82, 2.24) is 4.90 Å². The summed E-state index contributed by atoms with van der Waals surface area (Å²) >= 11 is 6.02. The number of carbonyl (C=O) groups is 1. The summed E-state index contributed by atoms with van der Waals surface area (Å²) < 4.78 is 5.92. The number of benzene rings is 2. The first-order valence-corrected chi connectivity index (χ1v) is 9.89. The number of rotatable bonds is 5. The molecule has 2 aromatic rings. The van der Waals surface area contributed by atoms with E-state index >= 15 is 0 Å². The molecule has 0 saturated carbocycles. The van der Waals surface area contributed by atoms with Crippen molar-refractivity contribution in [2.75, 3.05) is 31.1 Å². The molecule has 0 radical (unpaired) electrons. The van der Waals surface area contributed by atoms with Crippen molar-refractivity contribution in [3.63, 3.8) is 0 Å². The van der Waals surface area contributed by atoms with Crippen LogP contribution in [-0.4, -0.2) is 43.1 Å². The highest BCUT2D eigenvalue weighted by atomic mass is 35.5. The predicted octanol–water partition coefficient (Wildman–Crippen LogP) is 4.46. The molecule has 0 bridgehead atoms. The van der Waals surface area contributed by atoms with Crippen LogP contribution in [0, 0.1) is 13.8 Å². The van der Waals surface area contributed by atoms with Crippen molar-refractivity contribution in [3.05, 3.63) is 58.6 Å². The van der Waals surface area contributed by atoms with Gasteiger partial charge in [0.2, 0.25) is 0 Å². The van der Waals surface area contributed by atoms with E-state index in [1.165, 1.54) is 16.8 Å². The van der Waals surface area contributed by atoms with E-state index in [0.717, 1.165) is 13.1 Å². The maximum absolute atomic E-state index is 12.9. The number of hydrogen-bond donors (Lipinski definition) is 0. The zero-order valence-electron chi connectivity index (χ0n) is 16.2. The summed E-state index contributed by atoms with van der Waals surface area (Å²) in [6.07, 6.45) is 0.151. The van der Waals surface area contributed by atoms with Crippen LogP contribution in [0.15, 0.2) is 42.5 Å². The van der Waals surface area contributed by atoms with E-state index in [1.807, 2.05) is 24.0 Å². The number of nitrogens with zero attached hydrogens (tertiary/aromatic N) is 2. The van der Waals surface area contributed by atoms with E-state index in [0.29, 0.717) is 30.3 Å². The molecule has 0 aliphatic carbocycles. The van der Waals surface area contributed by atoms with Crippen LogP contribution in [0.1, 0.15) is 24.5 Å². The van der Waals surface area contributed by atoms with Crippen LogP contribution >= 0.6 is 11.6 Å². The molecule has 0 spiro atoms. The Balaban J connectivity index is 1.62.